The summed E-state index contributed by atoms with van der Waals surface area (Å²) in [5.74, 6) is -3.64. The Kier molecular flexibility index (Phi) is 19.8. The molecule has 1 fully saturated rings. The van der Waals surface area contributed by atoms with Crippen LogP contribution in [-0.2, 0) is 39.9 Å². The number of rotatable bonds is 22. The predicted octanol–water partition coefficient (Wildman–Crippen LogP) is 5.00. The van der Waals surface area contributed by atoms with Gasteiger partial charge in [-0.2, -0.15) is 0 Å². The number of methoxy groups -OCH3 is 2. The van der Waals surface area contributed by atoms with E-state index in [0.29, 0.717) is 25.8 Å². The number of amides is 4. The van der Waals surface area contributed by atoms with Crippen molar-refractivity contribution in [3.05, 3.63) is 46.3 Å². The molecule has 16 nitrogen and oxygen atoms in total. The summed E-state index contributed by atoms with van der Waals surface area (Å²) in [6, 6.07) is 4.30. The smallest absolute Gasteiger partial charge is 0.326 e. The predicted molar refractivity (Wildman–Crippen MR) is 227 cm³/mol. The highest BCUT2D eigenvalue weighted by molar-refractivity contribution is 5.91. The zero-order valence-corrected chi connectivity index (χ0v) is 37.9. The molecule has 0 bridgehead atoms. The van der Waals surface area contributed by atoms with Crippen LogP contribution in [0.5, 0.6) is 0 Å². The summed E-state index contributed by atoms with van der Waals surface area (Å²) in [6.45, 7) is 16.9. The number of likely N-dealkylation sites (tertiary alicyclic amines) is 1. The maximum absolute atomic E-state index is 14.5. The van der Waals surface area contributed by atoms with E-state index in [1.54, 1.807) is 44.8 Å². The average molecular weight is 829 g/mol. The van der Waals surface area contributed by atoms with E-state index in [1.165, 1.54) is 24.0 Å². The molecule has 0 saturated carbocycles. The van der Waals surface area contributed by atoms with Gasteiger partial charge in [-0.1, -0.05) is 83.4 Å². The first kappa shape index (κ1) is 50.9. The third-order valence-corrected chi connectivity index (χ3v) is 11.8. The normalized spacial score (nSPS) is 19.1. The maximum Gasteiger partial charge on any atom is 0.326 e. The van der Waals surface area contributed by atoms with Crippen LogP contribution in [0.3, 0.4) is 0 Å². The lowest BCUT2D eigenvalue weighted by Crippen LogP contribution is -2.61. The van der Waals surface area contributed by atoms with Crippen molar-refractivity contribution in [2.45, 2.75) is 148 Å². The van der Waals surface area contributed by atoms with Crippen LogP contribution in [0.15, 0.2) is 35.4 Å². The molecule has 59 heavy (non-hydrogen) atoms. The standard InChI is InChI=1S/C43H72N8O8/c1-15-27(4)37(49(12)41(55)35(29(6)46-47-44)45-39(53)36(26(2)3)48(10)11)33(58-13)25-34(52)50-23-19-22-31(50)38(59-14)28(5)40(54)51(43(7,8)9)32(42(56)57)24-30-20-17-16-18-21-30/h16-18,20-21,26-29,31-33,35-38H,15,19,22-25H2,1-14H3,(H,45,53)(H,56,57)/t27-,28+,29-,31-,32-,33+,35-,36-,37-,38+/m0/s1. The first-order valence-corrected chi connectivity index (χ1v) is 20.8. The third kappa shape index (κ3) is 13.1. The van der Waals surface area contributed by atoms with Gasteiger partial charge in [0.15, 0.2) is 0 Å². The van der Waals surface area contributed by atoms with Crippen LogP contribution in [0, 0.1) is 17.8 Å². The van der Waals surface area contributed by atoms with Crippen LogP contribution in [0.25, 0.3) is 10.4 Å². The molecular formula is C43H72N8O8. The third-order valence-electron chi connectivity index (χ3n) is 11.8. The molecule has 10 atom stereocenters. The zero-order chi connectivity index (χ0) is 44.9. The van der Waals surface area contributed by atoms with Gasteiger partial charge in [0.05, 0.1) is 48.7 Å². The fourth-order valence-electron chi connectivity index (χ4n) is 8.72. The van der Waals surface area contributed by atoms with Crippen LogP contribution in [0.2, 0.25) is 0 Å². The molecule has 2 N–H and O–H groups in total. The Morgan fingerprint density at radius 3 is 2.08 bits per heavy atom. The van der Waals surface area contributed by atoms with Crippen LogP contribution >= 0.6 is 0 Å². The molecule has 0 aliphatic carbocycles. The Morgan fingerprint density at radius 2 is 1.61 bits per heavy atom. The molecule has 1 aliphatic rings. The second kappa shape index (κ2) is 22.9. The van der Waals surface area contributed by atoms with Gasteiger partial charge < -0.3 is 34.6 Å². The van der Waals surface area contributed by atoms with E-state index < -0.39 is 71.8 Å². The lowest BCUT2D eigenvalue weighted by Gasteiger charge is -2.44. The number of azide groups is 1. The van der Waals surface area contributed by atoms with Gasteiger partial charge in [0.2, 0.25) is 23.6 Å². The summed E-state index contributed by atoms with van der Waals surface area (Å²) < 4.78 is 12.0. The molecule has 0 radical (unpaired) electrons. The SMILES string of the molecule is CC[C@H](C)[C@@H]([C@@H](CC(=O)N1CCC[C@H]1[C@H](OC)[C@@H](C)C(=O)N([C@@H](Cc1ccccc1)C(=O)O)C(C)(C)C)OC)N(C)C(=O)[C@@H](NC(=O)[C@H](C(C)C)N(C)C)[C@H](C)N=[N+]=[N-]. The Balaban J connectivity index is 2.44. The quantitative estimate of drug-likeness (QED) is 0.0918. The fourth-order valence-corrected chi connectivity index (χ4v) is 8.72. The van der Waals surface area contributed by atoms with E-state index in [2.05, 4.69) is 15.3 Å². The summed E-state index contributed by atoms with van der Waals surface area (Å²) in [5.41, 5.74) is 9.23. The van der Waals surface area contributed by atoms with E-state index >= 15 is 0 Å². The molecule has 0 spiro atoms. The monoisotopic (exact) mass is 829 g/mol. The molecule has 1 aromatic carbocycles. The van der Waals surface area contributed by atoms with Crippen LogP contribution in [0.1, 0.15) is 93.6 Å². The van der Waals surface area contributed by atoms with Gasteiger partial charge in [0, 0.05) is 44.7 Å². The van der Waals surface area contributed by atoms with Crippen molar-refractivity contribution in [1.29, 1.82) is 0 Å². The number of hydrogen-bond donors (Lipinski definition) is 2. The van der Waals surface area contributed by atoms with E-state index in [4.69, 9.17) is 9.47 Å². The highest BCUT2D eigenvalue weighted by Gasteiger charge is 2.46. The minimum absolute atomic E-state index is 0.0723. The van der Waals surface area contributed by atoms with Crippen LogP contribution < -0.4 is 5.32 Å². The summed E-state index contributed by atoms with van der Waals surface area (Å²) in [5, 5.41) is 17.1. The number of benzene rings is 1. The number of likely N-dealkylation sites (N-methyl/N-ethyl adjacent to an activating group) is 2. The summed E-state index contributed by atoms with van der Waals surface area (Å²) in [4.78, 5) is 79.0. The van der Waals surface area contributed by atoms with Crippen molar-refractivity contribution in [2.75, 3.05) is 41.9 Å². The van der Waals surface area contributed by atoms with E-state index in [9.17, 15) is 34.6 Å². The van der Waals surface area contributed by atoms with Gasteiger partial charge in [-0.25, -0.2) is 4.79 Å². The summed E-state index contributed by atoms with van der Waals surface area (Å²) >= 11 is 0. The first-order chi connectivity index (χ1) is 27.6. The van der Waals surface area contributed by atoms with Gasteiger partial charge in [-0.15, -0.1) is 0 Å². The van der Waals surface area contributed by atoms with Gasteiger partial charge in [0.1, 0.15) is 12.1 Å². The zero-order valence-electron chi connectivity index (χ0n) is 37.9. The lowest BCUT2D eigenvalue weighted by molar-refractivity contribution is -0.161. The van der Waals surface area contributed by atoms with Gasteiger partial charge in [-0.05, 0) is 70.6 Å². The molecule has 1 heterocycles. The number of carboxylic acid groups (broad SMARTS) is 1. The van der Waals surface area contributed by atoms with Crippen LogP contribution in [0.4, 0.5) is 0 Å². The van der Waals surface area contributed by atoms with Crippen molar-refractivity contribution < 1.29 is 38.6 Å². The molecule has 332 valence electrons. The molecule has 0 aromatic heterocycles. The number of ether oxygens (including phenoxy) is 2. The molecule has 2 rings (SSSR count). The van der Waals surface area contributed by atoms with Gasteiger partial charge in [-0.3, -0.25) is 24.1 Å². The van der Waals surface area contributed by atoms with Crippen molar-refractivity contribution in [3.8, 4) is 0 Å². The van der Waals surface area contributed by atoms with E-state index in [1.807, 2.05) is 78.8 Å². The van der Waals surface area contributed by atoms with Gasteiger partial charge >= 0.3 is 5.97 Å². The van der Waals surface area contributed by atoms with Crippen molar-refractivity contribution >= 4 is 29.6 Å². The number of hydrogen-bond acceptors (Lipinski definition) is 9. The second-order valence-electron chi connectivity index (χ2n) is 17.6. The highest BCUT2D eigenvalue weighted by atomic mass is 16.5. The Labute approximate surface area is 351 Å². The van der Waals surface area contributed by atoms with Crippen molar-refractivity contribution in [2.24, 2.45) is 22.9 Å². The van der Waals surface area contributed by atoms with E-state index in [0.717, 1.165) is 5.56 Å². The maximum atomic E-state index is 14.5. The number of nitrogens with zero attached hydrogens (tertiary/aromatic N) is 7. The lowest BCUT2D eigenvalue weighted by atomic mass is 9.89. The molecular weight excluding hydrogens is 757 g/mol. The number of carbonyl (C=O) groups is 5. The number of aliphatic carboxylic acids is 1. The van der Waals surface area contributed by atoms with E-state index in [-0.39, 0.29) is 42.4 Å². The first-order valence-electron chi connectivity index (χ1n) is 20.8. The average Bonchev–Trinajstić information content (AvgIpc) is 3.65. The summed E-state index contributed by atoms with van der Waals surface area (Å²) in [6.07, 6.45) is 0.384. The highest BCUT2D eigenvalue weighted by Crippen LogP contribution is 2.32. The minimum Gasteiger partial charge on any atom is -0.480 e. The largest absolute Gasteiger partial charge is 0.480 e. The Hall–Kier alpha value is -4.24. The fraction of sp³-hybridized carbons (Fsp3) is 0.744. The Bertz CT molecular complexity index is 1590. The van der Waals surface area contributed by atoms with Crippen LogP contribution in [-0.4, -0.2) is 150 Å². The number of carbonyl (C=O) groups excluding carboxylic acids is 4. The minimum atomic E-state index is -1.19. The topological polar surface area (TPSA) is 198 Å². The molecule has 1 aliphatic heterocycles. The molecule has 4 amide bonds. The molecule has 16 heteroatoms. The Morgan fingerprint density at radius 1 is 1.00 bits per heavy atom. The summed E-state index contributed by atoms with van der Waals surface area (Å²) in [7, 11) is 8.17. The van der Waals surface area contributed by atoms with Crippen molar-refractivity contribution in [3.63, 3.8) is 0 Å². The number of carboxylic acids is 1. The number of nitrogens with one attached hydrogen (secondary N) is 1. The van der Waals surface area contributed by atoms with Crippen molar-refractivity contribution in [1.82, 2.24) is 24.9 Å². The molecule has 1 saturated heterocycles. The van der Waals surface area contributed by atoms with Gasteiger partial charge in [0.25, 0.3) is 0 Å². The molecule has 0 unspecified atom stereocenters. The molecule has 1 aromatic rings. The second-order valence-corrected chi connectivity index (χ2v) is 17.6.